The Morgan fingerprint density at radius 2 is 2.40 bits per heavy atom. The van der Waals surface area contributed by atoms with Crippen molar-refractivity contribution < 1.29 is 15.0 Å². The Kier molecular flexibility index (Phi) is 4.87. The van der Waals surface area contributed by atoms with Gasteiger partial charge >= 0.3 is 0 Å². The zero-order valence-corrected chi connectivity index (χ0v) is 9.41. The van der Waals surface area contributed by atoms with Crippen LogP contribution >= 0.6 is 11.8 Å². The standard InChI is InChI=1S/C10H15NO3S/c1-11-3-2-8(4-11)10(14)7-15-6-9(13)5-12/h2-4,9,12-13H,5-7H2,1H3. The molecule has 1 aromatic rings. The fraction of sp³-hybridized carbons (Fsp3) is 0.500. The molecule has 0 aliphatic heterocycles. The Morgan fingerprint density at radius 1 is 1.67 bits per heavy atom. The molecule has 1 unspecified atom stereocenters. The largest absolute Gasteiger partial charge is 0.394 e. The summed E-state index contributed by atoms with van der Waals surface area (Å²) < 4.78 is 1.82. The van der Waals surface area contributed by atoms with Crippen LogP contribution in [0.15, 0.2) is 18.5 Å². The summed E-state index contributed by atoms with van der Waals surface area (Å²) in [4.78, 5) is 11.5. The first-order chi connectivity index (χ1) is 7.13. The molecule has 4 nitrogen and oxygen atoms in total. The number of nitrogens with zero attached hydrogens (tertiary/aromatic N) is 1. The number of ketones is 1. The molecule has 0 fully saturated rings. The predicted octanol–water partition coefficient (Wildman–Crippen LogP) is 0.294. The van der Waals surface area contributed by atoms with Crippen LogP contribution in [0.1, 0.15) is 10.4 Å². The van der Waals surface area contributed by atoms with Crippen molar-refractivity contribution in [1.29, 1.82) is 0 Å². The lowest BCUT2D eigenvalue weighted by Gasteiger charge is -2.04. The number of Topliss-reactive ketones (excluding diaryl/α,β-unsaturated/α-hetero) is 1. The fourth-order valence-electron chi connectivity index (χ4n) is 1.09. The van der Waals surface area contributed by atoms with Gasteiger partial charge in [-0.25, -0.2) is 0 Å². The molecule has 15 heavy (non-hydrogen) atoms. The molecule has 0 saturated heterocycles. The van der Waals surface area contributed by atoms with Crippen molar-refractivity contribution in [2.24, 2.45) is 7.05 Å². The van der Waals surface area contributed by atoms with E-state index in [9.17, 15) is 4.79 Å². The van der Waals surface area contributed by atoms with E-state index >= 15 is 0 Å². The summed E-state index contributed by atoms with van der Waals surface area (Å²) in [6.45, 7) is -0.257. The smallest absolute Gasteiger partial charge is 0.174 e. The van der Waals surface area contributed by atoms with Crippen LogP contribution in [0.4, 0.5) is 0 Å². The topological polar surface area (TPSA) is 62.5 Å². The molecule has 0 saturated carbocycles. The van der Waals surface area contributed by atoms with Crippen molar-refractivity contribution in [3.8, 4) is 0 Å². The van der Waals surface area contributed by atoms with Gasteiger partial charge in [-0.3, -0.25) is 4.79 Å². The quantitative estimate of drug-likeness (QED) is 0.688. The normalized spacial score (nSPS) is 12.7. The van der Waals surface area contributed by atoms with Crippen LogP contribution in [0.2, 0.25) is 0 Å². The van der Waals surface area contributed by atoms with Gasteiger partial charge in [0.2, 0.25) is 0 Å². The molecule has 84 valence electrons. The number of carbonyl (C=O) groups excluding carboxylic acids is 1. The molecule has 0 aliphatic carbocycles. The summed E-state index contributed by atoms with van der Waals surface area (Å²) in [7, 11) is 1.86. The van der Waals surface area contributed by atoms with Crippen molar-refractivity contribution >= 4 is 17.5 Å². The van der Waals surface area contributed by atoms with Crippen LogP contribution in [-0.2, 0) is 7.05 Å². The van der Waals surface area contributed by atoms with Crippen molar-refractivity contribution in [3.05, 3.63) is 24.0 Å². The molecule has 0 aliphatic rings. The second kappa shape index (κ2) is 5.95. The fourth-order valence-corrected chi connectivity index (χ4v) is 1.94. The summed E-state index contributed by atoms with van der Waals surface area (Å²) >= 11 is 1.33. The maximum absolute atomic E-state index is 11.5. The summed E-state index contributed by atoms with van der Waals surface area (Å²) in [5.74, 6) is 0.765. The maximum Gasteiger partial charge on any atom is 0.174 e. The summed E-state index contributed by atoms with van der Waals surface area (Å²) in [6.07, 6.45) is 2.85. The number of thioether (sulfide) groups is 1. The van der Waals surface area contributed by atoms with E-state index in [1.807, 2.05) is 17.8 Å². The van der Waals surface area contributed by atoms with Crippen LogP contribution in [0.5, 0.6) is 0 Å². The number of aliphatic hydroxyl groups is 2. The van der Waals surface area contributed by atoms with E-state index in [0.717, 1.165) is 0 Å². The van der Waals surface area contributed by atoms with Crippen molar-refractivity contribution in [1.82, 2.24) is 4.57 Å². The van der Waals surface area contributed by atoms with Gasteiger partial charge in [0, 0.05) is 30.8 Å². The van der Waals surface area contributed by atoms with Gasteiger partial charge in [-0.1, -0.05) is 0 Å². The van der Waals surface area contributed by atoms with E-state index in [1.54, 1.807) is 12.3 Å². The molecule has 0 aromatic carbocycles. The van der Waals surface area contributed by atoms with Crippen LogP contribution in [0.3, 0.4) is 0 Å². The number of hydrogen-bond acceptors (Lipinski definition) is 4. The highest BCUT2D eigenvalue weighted by molar-refractivity contribution is 8.00. The van der Waals surface area contributed by atoms with Gasteiger partial charge in [0.25, 0.3) is 0 Å². The zero-order valence-electron chi connectivity index (χ0n) is 8.59. The Bertz CT molecular complexity index is 324. The number of aromatic nitrogens is 1. The van der Waals surface area contributed by atoms with E-state index in [0.29, 0.717) is 17.1 Å². The highest BCUT2D eigenvalue weighted by atomic mass is 32.2. The minimum Gasteiger partial charge on any atom is -0.394 e. The minimum atomic E-state index is -0.737. The lowest BCUT2D eigenvalue weighted by atomic mass is 10.2. The Balaban J connectivity index is 2.31. The second-order valence-corrected chi connectivity index (χ2v) is 4.37. The van der Waals surface area contributed by atoms with Gasteiger partial charge in [0.1, 0.15) is 0 Å². The van der Waals surface area contributed by atoms with Gasteiger partial charge < -0.3 is 14.8 Å². The number of aryl methyl sites for hydroxylation is 1. The summed E-state index contributed by atoms with van der Waals surface area (Å²) in [5, 5.41) is 17.6. The number of aliphatic hydroxyl groups excluding tert-OH is 2. The van der Waals surface area contributed by atoms with E-state index in [-0.39, 0.29) is 12.4 Å². The highest BCUT2D eigenvalue weighted by Gasteiger charge is 2.08. The van der Waals surface area contributed by atoms with Crippen LogP contribution < -0.4 is 0 Å². The second-order valence-electron chi connectivity index (χ2n) is 3.34. The third-order valence-corrected chi connectivity index (χ3v) is 2.99. The van der Waals surface area contributed by atoms with Gasteiger partial charge in [-0.2, -0.15) is 11.8 Å². The average molecular weight is 229 g/mol. The van der Waals surface area contributed by atoms with E-state index in [1.165, 1.54) is 11.8 Å². The van der Waals surface area contributed by atoms with Crippen LogP contribution in [0, 0.1) is 0 Å². The van der Waals surface area contributed by atoms with Crippen molar-refractivity contribution in [3.63, 3.8) is 0 Å². The van der Waals surface area contributed by atoms with Crippen LogP contribution in [-0.4, -0.2) is 44.8 Å². The summed E-state index contributed by atoms with van der Waals surface area (Å²) in [6, 6.07) is 1.77. The van der Waals surface area contributed by atoms with Crippen LogP contribution in [0.25, 0.3) is 0 Å². The summed E-state index contributed by atoms with van der Waals surface area (Å²) in [5.41, 5.74) is 0.684. The van der Waals surface area contributed by atoms with E-state index in [4.69, 9.17) is 10.2 Å². The molecule has 0 spiro atoms. The van der Waals surface area contributed by atoms with Gasteiger partial charge in [-0.05, 0) is 6.07 Å². The SMILES string of the molecule is Cn1ccc(C(=O)CSCC(O)CO)c1. The average Bonchev–Trinajstić information content (AvgIpc) is 2.64. The molecule has 0 radical (unpaired) electrons. The lowest BCUT2D eigenvalue weighted by Crippen LogP contribution is -2.16. The molecular formula is C10H15NO3S. The lowest BCUT2D eigenvalue weighted by molar-refractivity contribution is 0.102. The number of hydrogen-bond donors (Lipinski definition) is 2. The molecule has 1 atom stereocenters. The molecule has 0 bridgehead atoms. The third-order valence-electron chi connectivity index (χ3n) is 1.91. The molecule has 2 N–H and O–H groups in total. The first-order valence-corrected chi connectivity index (χ1v) is 5.80. The molecule has 1 rings (SSSR count). The zero-order chi connectivity index (χ0) is 11.3. The molecular weight excluding hydrogens is 214 g/mol. The third kappa shape index (κ3) is 4.07. The monoisotopic (exact) mass is 229 g/mol. The van der Waals surface area contributed by atoms with Gasteiger partial charge in [-0.15, -0.1) is 0 Å². The number of carbonyl (C=O) groups is 1. The first-order valence-electron chi connectivity index (χ1n) is 4.65. The van der Waals surface area contributed by atoms with Crippen molar-refractivity contribution in [2.75, 3.05) is 18.1 Å². The highest BCUT2D eigenvalue weighted by Crippen LogP contribution is 2.08. The minimum absolute atomic E-state index is 0.0470. The molecule has 1 heterocycles. The molecule has 1 aromatic heterocycles. The molecule has 0 amide bonds. The van der Waals surface area contributed by atoms with E-state index in [2.05, 4.69) is 0 Å². The Hall–Kier alpha value is -0.780. The Morgan fingerprint density at radius 3 is 2.93 bits per heavy atom. The number of rotatable bonds is 6. The predicted molar refractivity (Wildman–Crippen MR) is 60.2 cm³/mol. The Labute approximate surface area is 92.9 Å². The van der Waals surface area contributed by atoms with Gasteiger partial charge in [0.15, 0.2) is 5.78 Å². The van der Waals surface area contributed by atoms with E-state index < -0.39 is 6.10 Å². The molecule has 5 heteroatoms. The maximum atomic E-state index is 11.5. The first kappa shape index (κ1) is 12.3. The van der Waals surface area contributed by atoms with Gasteiger partial charge in [0.05, 0.1) is 18.5 Å². The van der Waals surface area contributed by atoms with Crippen molar-refractivity contribution in [2.45, 2.75) is 6.10 Å².